The number of allylic oxidation sites excluding steroid dienone is 2. The first-order valence-corrected chi connectivity index (χ1v) is 10.4. The fourth-order valence-electron chi connectivity index (χ4n) is 3.53. The SMILES string of the molecule is CCCCOc1ncc(Cl)cc1C1=C(c2cc(F)cc(C(=O)OCC)c2)CCC1. The molecule has 1 aromatic heterocycles. The van der Waals surface area contributed by atoms with Crippen LogP contribution >= 0.6 is 11.6 Å². The van der Waals surface area contributed by atoms with Crippen LogP contribution in [0.15, 0.2) is 30.5 Å². The minimum atomic E-state index is -0.526. The monoisotopic (exact) mass is 417 g/mol. The molecule has 0 N–H and O–H groups in total. The van der Waals surface area contributed by atoms with E-state index in [1.807, 2.05) is 6.07 Å². The van der Waals surface area contributed by atoms with Gasteiger partial charge in [-0.1, -0.05) is 24.9 Å². The molecule has 0 saturated carbocycles. The van der Waals surface area contributed by atoms with Gasteiger partial charge in [-0.25, -0.2) is 14.2 Å². The van der Waals surface area contributed by atoms with Crippen LogP contribution in [0.2, 0.25) is 5.02 Å². The Morgan fingerprint density at radius 3 is 2.72 bits per heavy atom. The number of hydrogen-bond donors (Lipinski definition) is 0. The highest BCUT2D eigenvalue weighted by molar-refractivity contribution is 6.30. The van der Waals surface area contributed by atoms with Gasteiger partial charge in [-0.05, 0) is 73.6 Å². The van der Waals surface area contributed by atoms with Crippen molar-refractivity contribution < 1.29 is 18.7 Å². The Morgan fingerprint density at radius 1 is 1.17 bits per heavy atom. The van der Waals surface area contributed by atoms with Crippen LogP contribution in [0.4, 0.5) is 4.39 Å². The molecule has 4 nitrogen and oxygen atoms in total. The van der Waals surface area contributed by atoms with Crippen molar-refractivity contribution in [1.29, 1.82) is 0 Å². The molecule has 0 unspecified atom stereocenters. The van der Waals surface area contributed by atoms with Crippen LogP contribution < -0.4 is 4.74 Å². The fourth-order valence-corrected chi connectivity index (χ4v) is 3.68. The third-order valence-corrected chi connectivity index (χ3v) is 5.06. The molecule has 3 rings (SSSR count). The predicted octanol–water partition coefficient (Wildman–Crippen LogP) is 6.32. The van der Waals surface area contributed by atoms with Crippen LogP contribution in [0.5, 0.6) is 5.88 Å². The Bertz CT molecular complexity index is 926. The lowest BCUT2D eigenvalue weighted by molar-refractivity contribution is 0.0525. The Kier molecular flexibility index (Phi) is 7.26. The van der Waals surface area contributed by atoms with Crippen molar-refractivity contribution in [3.05, 3.63) is 58.0 Å². The second kappa shape index (κ2) is 9.88. The average molecular weight is 418 g/mol. The van der Waals surface area contributed by atoms with Gasteiger partial charge in [0.05, 0.1) is 23.8 Å². The van der Waals surface area contributed by atoms with Crippen LogP contribution in [-0.2, 0) is 4.74 Å². The molecule has 2 aromatic rings. The van der Waals surface area contributed by atoms with Gasteiger partial charge in [-0.2, -0.15) is 0 Å². The van der Waals surface area contributed by atoms with Gasteiger partial charge in [0.2, 0.25) is 5.88 Å². The van der Waals surface area contributed by atoms with Crippen LogP contribution in [0.3, 0.4) is 0 Å². The number of pyridine rings is 1. The maximum absolute atomic E-state index is 14.3. The maximum Gasteiger partial charge on any atom is 0.338 e. The minimum absolute atomic E-state index is 0.212. The lowest BCUT2D eigenvalue weighted by atomic mass is 9.96. The molecule has 0 spiro atoms. The molecule has 1 aromatic carbocycles. The normalized spacial score (nSPS) is 13.7. The van der Waals surface area contributed by atoms with Gasteiger partial charge in [-0.3, -0.25) is 0 Å². The van der Waals surface area contributed by atoms with E-state index in [9.17, 15) is 9.18 Å². The number of carbonyl (C=O) groups excluding carboxylic acids is 1. The van der Waals surface area contributed by atoms with Gasteiger partial charge in [-0.15, -0.1) is 0 Å². The third kappa shape index (κ3) is 5.15. The molecule has 29 heavy (non-hydrogen) atoms. The topological polar surface area (TPSA) is 48.4 Å². The van der Waals surface area contributed by atoms with Crippen LogP contribution in [0.25, 0.3) is 11.1 Å². The van der Waals surface area contributed by atoms with Crippen LogP contribution in [-0.4, -0.2) is 24.2 Å². The Morgan fingerprint density at radius 2 is 1.97 bits per heavy atom. The molecule has 0 atom stereocenters. The number of ether oxygens (including phenoxy) is 2. The summed E-state index contributed by atoms with van der Waals surface area (Å²) in [5.74, 6) is -0.450. The third-order valence-electron chi connectivity index (χ3n) is 4.85. The molecule has 1 aliphatic rings. The number of carbonyl (C=O) groups is 1. The summed E-state index contributed by atoms with van der Waals surface area (Å²) in [6, 6.07) is 6.20. The number of unbranched alkanes of at least 4 members (excludes halogenated alkanes) is 1. The lowest BCUT2D eigenvalue weighted by Crippen LogP contribution is -2.06. The molecule has 1 heterocycles. The second-order valence-electron chi connectivity index (χ2n) is 6.97. The lowest BCUT2D eigenvalue weighted by Gasteiger charge is -2.14. The molecule has 6 heteroatoms. The number of esters is 1. The highest BCUT2D eigenvalue weighted by Crippen LogP contribution is 2.43. The summed E-state index contributed by atoms with van der Waals surface area (Å²) in [7, 11) is 0. The first-order chi connectivity index (χ1) is 14.0. The number of benzene rings is 1. The standard InChI is InChI=1S/C23H25ClFNO3/c1-3-5-9-29-22-21(13-17(24)14-26-22)20-8-6-7-19(20)15-10-16(12-18(25)11-15)23(27)28-4-2/h10-14H,3-9H2,1-2H3. The average Bonchev–Trinajstić information content (AvgIpc) is 3.18. The van der Waals surface area contributed by atoms with Crippen molar-refractivity contribution in [1.82, 2.24) is 4.98 Å². The van der Waals surface area contributed by atoms with Gasteiger partial charge >= 0.3 is 5.97 Å². The van der Waals surface area contributed by atoms with E-state index >= 15 is 0 Å². The van der Waals surface area contributed by atoms with E-state index in [-0.39, 0.29) is 12.2 Å². The van der Waals surface area contributed by atoms with Crippen molar-refractivity contribution in [2.75, 3.05) is 13.2 Å². The van der Waals surface area contributed by atoms with Crippen molar-refractivity contribution in [2.45, 2.75) is 46.0 Å². The van der Waals surface area contributed by atoms with E-state index < -0.39 is 11.8 Å². The van der Waals surface area contributed by atoms with E-state index in [1.54, 1.807) is 19.2 Å². The van der Waals surface area contributed by atoms with Crippen molar-refractivity contribution in [3.8, 4) is 5.88 Å². The van der Waals surface area contributed by atoms with E-state index in [4.69, 9.17) is 21.1 Å². The summed E-state index contributed by atoms with van der Waals surface area (Å²) >= 11 is 6.22. The minimum Gasteiger partial charge on any atom is -0.477 e. The molecular formula is C23H25ClFNO3. The molecule has 0 radical (unpaired) electrons. The summed E-state index contributed by atoms with van der Waals surface area (Å²) in [6.07, 6.45) is 6.05. The summed E-state index contributed by atoms with van der Waals surface area (Å²) in [5, 5.41) is 0.521. The zero-order valence-electron chi connectivity index (χ0n) is 16.8. The summed E-state index contributed by atoms with van der Waals surface area (Å²) in [6.45, 7) is 4.64. The van der Waals surface area contributed by atoms with Crippen molar-refractivity contribution >= 4 is 28.7 Å². The smallest absolute Gasteiger partial charge is 0.338 e. The number of rotatable bonds is 8. The Balaban J connectivity index is 2.04. The van der Waals surface area contributed by atoms with E-state index in [1.165, 1.54) is 12.1 Å². The predicted molar refractivity (Wildman–Crippen MR) is 113 cm³/mol. The summed E-state index contributed by atoms with van der Waals surface area (Å²) in [5.41, 5.74) is 3.75. The largest absolute Gasteiger partial charge is 0.477 e. The fraction of sp³-hybridized carbons (Fsp3) is 0.391. The molecule has 0 amide bonds. The highest BCUT2D eigenvalue weighted by atomic mass is 35.5. The first-order valence-electron chi connectivity index (χ1n) is 10.0. The van der Waals surface area contributed by atoms with Gasteiger partial charge in [0.15, 0.2) is 0 Å². The van der Waals surface area contributed by atoms with E-state index in [2.05, 4.69) is 11.9 Å². The van der Waals surface area contributed by atoms with Crippen LogP contribution in [0, 0.1) is 5.82 Å². The molecule has 0 aliphatic heterocycles. The van der Waals surface area contributed by atoms with Crippen molar-refractivity contribution in [3.63, 3.8) is 0 Å². The molecule has 0 saturated heterocycles. The zero-order chi connectivity index (χ0) is 20.8. The molecule has 0 bridgehead atoms. The summed E-state index contributed by atoms with van der Waals surface area (Å²) in [4.78, 5) is 16.5. The second-order valence-corrected chi connectivity index (χ2v) is 7.40. The molecular weight excluding hydrogens is 393 g/mol. The Labute approximate surface area is 175 Å². The number of nitrogens with zero attached hydrogens (tertiary/aromatic N) is 1. The van der Waals surface area contributed by atoms with Crippen molar-refractivity contribution in [2.24, 2.45) is 0 Å². The van der Waals surface area contributed by atoms with E-state index in [0.717, 1.165) is 48.8 Å². The van der Waals surface area contributed by atoms with Gasteiger partial charge < -0.3 is 9.47 Å². The quantitative estimate of drug-likeness (QED) is 0.372. The van der Waals surface area contributed by atoms with Gasteiger partial charge in [0.25, 0.3) is 0 Å². The highest BCUT2D eigenvalue weighted by Gasteiger charge is 2.23. The van der Waals surface area contributed by atoms with Gasteiger partial charge in [0.1, 0.15) is 5.82 Å². The molecule has 154 valence electrons. The molecule has 0 fully saturated rings. The number of aromatic nitrogens is 1. The zero-order valence-corrected chi connectivity index (χ0v) is 17.5. The maximum atomic E-state index is 14.3. The Hall–Kier alpha value is -2.40. The number of hydrogen-bond acceptors (Lipinski definition) is 4. The number of halogens is 2. The van der Waals surface area contributed by atoms with Crippen LogP contribution in [0.1, 0.15) is 67.4 Å². The first kappa shape index (κ1) is 21.3. The molecule has 1 aliphatic carbocycles. The van der Waals surface area contributed by atoms with Gasteiger partial charge in [0, 0.05) is 11.8 Å². The summed E-state index contributed by atoms with van der Waals surface area (Å²) < 4.78 is 25.2. The van der Waals surface area contributed by atoms with E-state index in [0.29, 0.717) is 23.1 Å².